The van der Waals surface area contributed by atoms with Crippen molar-refractivity contribution in [3.8, 4) is 0 Å². The quantitative estimate of drug-likeness (QED) is 0.590. The van der Waals surface area contributed by atoms with Crippen LogP contribution in [0.1, 0.15) is 34.1 Å². The van der Waals surface area contributed by atoms with Gasteiger partial charge >= 0.3 is 9.28 Å². The van der Waals surface area contributed by atoms with Crippen molar-refractivity contribution in [1.82, 2.24) is 0 Å². The van der Waals surface area contributed by atoms with Gasteiger partial charge in [0.05, 0.1) is 0 Å². The van der Waals surface area contributed by atoms with Gasteiger partial charge in [-0.1, -0.05) is 26.8 Å². The third kappa shape index (κ3) is 4.60. The molecular weight excluding hydrogens is 180 g/mol. The molecule has 1 atom stereocenters. The van der Waals surface area contributed by atoms with Crippen LogP contribution in [0.25, 0.3) is 0 Å². The molecule has 0 amide bonds. The molecular formula is C10H22O2Si. The predicted octanol–water partition coefficient (Wildman–Crippen LogP) is 2.42. The molecule has 0 heterocycles. The first-order valence-electron chi connectivity index (χ1n) is 5.09. The van der Waals surface area contributed by atoms with Crippen molar-refractivity contribution in [1.29, 1.82) is 0 Å². The summed E-state index contributed by atoms with van der Waals surface area (Å²) in [4.78, 5) is 0. The predicted molar refractivity (Wildman–Crippen MR) is 59.0 cm³/mol. The van der Waals surface area contributed by atoms with E-state index in [0.717, 1.165) is 19.6 Å². The minimum atomic E-state index is -1.60. The summed E-state index contributed by atoms with van der Waals surface area (Å²) in [5.74, 6) is 0.523. The molecule has 78 valence electrons. The van der Waals surface area contributed by atoms with E-state index < -0.39 is 9.28 Å². The third-order valence-corrected chi connectivity index (χ3v) is 4.63. The van der Waals surface area contributed by atoms with E-state index in [0.29, 0.717) is 5.92 Å². The fourth-order valence-electron chi connectivity index (χ4n) is 1.06. The lowest BCUT2D eigenvalue weighted by atomic mass is 10.1. The van der Waals surface area contributed by atoms with Crippen LogP contribution in [0.4, 0.5) is 0 Å². The Bertz CT molecular complexity index is 142. The summed E-state index contributed by atoms with van der Waals surface area (Å²) < 4.78 is 11.2. The largest absolute Gasteiger partial charge is 0.394 e. The second kappa shape index (κ2) is 7.30. The Morgan fingerprint density at radius 3 is 2.00 bits per heavy atom. The van der Waals surface area contributed by atoms with Gasteiger partial charge in [-0.2, -0.15) is 0 Å². The van der Waals surface area contributed by atoms with Crippen LogP contribution in [0.5, 0.6) is 0 Å². The first-order chi connectivity index (χ1) is 6.17. The highest BCUT2D eigenvalue weighted by molar-refractivity contribution is 6.53. The molecule has 13 heavy (non-hydrogen) atoms. The zero-order valence-electron chi connectivity index (χ0n) is 9.30. The van der Waals surface area contributed by atoms with Gasteiger partial charge in [0.15, 0.2) is 0 Å². The average molecular weight is 202 g/mol. The standard InChI is InChI=1S/C10H22O2Si/c1-6-9(4)10(5)13(11-7-2)12-8-3/h9,13H,5-8H2,1-4H3. The van der Waals surface area contributed by atoms with E-state index in [9.17, 15) is 0 Å². The van der Waals surface area contributed by atoms with Crippen LogP contribution in [0.3, 0.4) is 0 Å². The Labute approximate surface area is 83.8 Å². The number of allylic oxidation sites excluding steroid dienone is 1. The van der Waals surface area contributed by atoms with E-state index in [1.54, 1.807) is 0 Å². The maximum absolute atomic E-state index is 5.58. The summed E-state index contributed by atoms with van der Waals surface area (Å²) in [6.45, 7) is 13.9. The second-order valence-corrected chi connectivity index (χ2v) is 5.20. The maximum atomic E-state index is 5.58. The monoisotopic (exact) mass is 202 g/mol. The van der Waals surface area contributed by atoms with Crippen molar-refractivity contribution in [3.05, 3.63) is 11.8 Å². The molecule has 1 unspecified atom stereocenters. The molecule has 0 aromatic rings. The maximum Gasteiger partial charge on any atom is 0.351 e. The van der Waals surface area contributed by atoms with Gasteiger partial charge in [0.1, 0.15) is 0 Å². The zero-order valence-corrected chi connectivity index (χ0v) is 10.5. The lowest BCUT2D eigenvalue weighted by Crippen LogP contribution is -2.28. The smallest absolute Gasteiger partial charge is 0.351 e. The molecule has 0 saturated heterocycles. The summed E-state index contributed by atoms with van der Waals surface area (Å²) >= 11 is 0. The van der Waals surface area contributed by atoms with Crippen LogP contribution in [-0.4, -0.2) is 22.5 Å². The minimum absolute atomic E-state index is 0.523. The molecule has 0 bridgehead atoms. The molecule has 2 nitrogen and oxygen atoms in total. The van der Waals surface area contributed by atoms with Gasteiger partial charge in [0, 0.05) is 13.2 Å². The molecule has 3 heteroatoms. The molecule has 0 aromatic carbocycles. The molecule has 0 N–H and O–H groups in total. The van der Waals surface area contributed by atoms with E-state index in [-0.39, 0.29) is 0 Å². The van der Waals surface area contributed by atoms with Gasteiger partial charge in [-0.15, -0.1) is 0 Å². The molecule has 0 rings (SSSR count). The average Bonchev–Trinajstić information content (AvgIpc) is 2.15. The van der Waals surface area contributed by atoms with Crippen LogP contribution in [0.15, 0.2) is 11.8 Å². The van der Waals surface area contributed by atoms with Crippen molar-refractivity contribution in [2.45, 2.75) is 34.1 Å². The summed E-state index contributed by atoms with van der Waals surface area (Å²) in [6.07, 6.45) is 1.11. The molecule has 0 aliphatic carbocycles. The number of hydrogen-bond donors (Lipinski definition) is 0. The van der Waals surface area contributed by atoms with Gasteiger partial charge in [-0.25, -0.2) is 0 Å². The summed E-state index contributed by atoms with van der Waals surface area (Å²) in [5.41, 5.74) is 0. The summed E-state index contributed by atoms with van der Waals surface area (Å²) in [6, 6.07) is 0. The minimum Gasteiger partial charge on any atom is -0.394 e. The van der Waals surface area contributed by atoms with Gasteiger partial charge in [0.25, 0.3) is 0 Å². The Morgan fingerprint density at radius 1 is 1.23 bits per heavy atom. The van der Waals surface area contributed by atoms with Crippen LogP contribution < -0.4 is 0 Å². The van der Waals surface area contributed by atoms with E-state index in [1.165, 1.54) is 5.20 Å². The molecule has 0 radical (unpaired) electrons. The van der Waals surface area contributed by atoms with Crippen molar-refractivity contribution in [2.24, 2.45) is 5.92 Å². The first kappa shape index (κ1) is 12.9. The Balaban J connectivity index is 4.09. The fraction of sp³-hybridized carbons (Fsp3) is 0.800. The highest BCUT2D eigenvalue weighted by atomic mass is 28.3. The Morgan fingerprint density at radius 2 is 1.69 bits per heavy atom. The van der Waals surface area contributed by atoms with Crippen molar-refractivity contribution >= 4 is 9.28 Å². The molecule has 0 fully saturated rings. The van der Waals surface area contributed by atoms with E-state index in [1.807, 2.05) is 13.8 Å². The van der Waals surface area contributed by atoms with E-state index in [2.05, 4.69) is 20.4 Å². The third-order valence-electron chi connectivity index (χ3n) is 2.18. The number of hydrogen-bond acceptors (Lipinski definition) is 2. The van der Waals surface area contributed by atoms with Gasteiger partial charge < -0.3 is 8.85 Å². The Hall–Kier alpha value is -0.123. The van der Waals surface area contributed by atoms with Crippen LogP contribution in [0, 0.1) is 5.92 Å². The first-order valence-corrected chi connectivity index (χ1v) is 6.61. The topological polar surface area (TPSA) is 18.5 Å². The van der Waals surface area contributed by atoms with Gasteiger partial charge in [-0.3, -0.25) is 0 Å². The molecule has 0 saturated carbocycles. The molecule has 0 spiro atoms. The number of rotatable bonds is 7. The van der Waals surface area contributed by atoms with E-state index >= 15 is 0 Å². The summed E-state index contributed by atoms with van der Waals surface area (Å²) in [5, 5.41) is 1.19. The molecule has 0 aromatic heterocycles. The van der Waals surface area contributed by atoms with E-state index in [4.69, 9.17) is 8.85 Å². The second-order valence-electron chi connectivity index (χ2n) is 3.13. The molecule has 0 aliphatic heterocycles. The zero-order chi connectivity index (χ0) is 10.3. The van der Waals surface area contributed by atoms with Gasteiger partial charge in [-0.05, 0) is 25.0 Å². The van der Waals surface area contributed by atoms with Gasteiger partial charge in [0.2, 0.25) is 0 Å². The Kier molecular flexibility index (Phi) is 7.23. The van der Waals surface area contributed by atoms with Crippen molar-refractivity contribution in [2.75, 3.05) is 13.2 Å². The highest BCUT2D eigenvalue weighted by Crippen LogP contribution is 2.16. The SMILES string of the molecule is C=C(C(C)CC)[SiH](OCC)OCC. The lowest BCUT2D eigenvalue weighted by Gasteiger charge is -2.21. The van der Waals surface area contributed by atoms with Crippen LogP contribution in [0.2, 0.25) is 0 Å². The van der Waals surface area contributed by atoms with Crippen LogP contribution >= 0.6 is 0 Å². The lowest BCUT2D eigenvalue weighted by molar-refractivity contribution is 0.218. The molecule has 0 aliphatic rings. The van der Waals surface area contributed by atoms with Crippen molar-refractivity contribution < 1.29 is 8.85 Å². The fourth-order valence-corrected chi connectivity index (χ4v) is 2.89. The highest BCUT2D eigenvalue weighted by Gasteiger charge is 2.20. The van der Waals surface area contributed by atoms with Crippen LogP contribution in [-0.2, 0) is 8.85 Å². The normalized spacial score (nSPS) is 13.3. The summed E-state index contributed by atoms with van der Waals surface area (Å²) in [7, 11) is -1.60. The van der Waals surface area contributed by atoms with Crippen molar-refractivity contribution in [3.63, 3.8) is 0 Å².